The van der Waals surface area contributed by atoms with Crippen LogP contribution >= 0.6 is 11.3 Å². The van der Waals surface area contributed by atoms with Crippen LogP contribution in [0.4, 0.5) is 33.5 Å². The number of fused-ring (bicyclic) bond motifs is 1. The summed E-state index contributed by atoms with van der Waals surface area (Å²) in [6.45, 7) is 0.748. The quantitative estimate of drug-likeness (QED) is 0.364. The normalized spacial score (nSPS) is 16.1. The number of alkyl halides is 3. The highest BCUT2D eigenvalue weighted by atomic mass is 32.1. The molecule has 7 nitrogen and oxygen atoms in total. The zero-order valence-electron chi connectivity index (χ0n) is 18.1. The molecule has 1 unspecified atom stereocenters. The van der Waals surface area contributed by atoms with E-state index in [1.54, 1.807) is 4.90 Å². The van der Waals surface area contributed by atoms with Gasteiger partial charge < -0.3 is 26.2 Å². The van der Waals surface area contributed by atoms with E-state index in [2.05, 4.69) is 10.3 Å². The Labute approximate surface area is 200 Å². The first kappa shape index (κ1) is 25.1. The van der Waals surface area contributed by atoms with Crippen LogP contribution in [0.3, 0.4) is 0 Å². The van der Waals surface area contributed by atoms with E-state index in [9.17, 15) is 37.0 Å². The molecule has 1 saturated heterocycles. The van der Waals surface area contributed by atoms with E-state index in [0.717, 1.165) is 18.2 Å². The number of halogens is 5. The maximum atomic E-state index is 13.8. The van der Waals surface area contributed by atoms with Gasteiger partial charge in [0.25, 0.3) is 0 Å². The van der Waals surface area contributed by atoms with Gasteiger partial charge in [0.15, 0.2) is 0 Å². The number of carboxylic acids is 1. The number of aliphatic hydroxyl groups excluding tert-OH is 1. The minimum atomic E-state index is -4.76. The van der Waals surface area contributed by atoms with Gasteiger partial charge in [-0.05, 0) is 36.6 Å². The number of hydrogen-bond acceptors (Lipinski definition) is 7. The van der Waals surface area contributed by atoms with E-state index in [1.807, 2.05) is 0 Å². The summed E-state index contributed by atoms with van der Waals surface area (Å²) in [6, 6.07) is 3.60. The van der Waals surface area contributed by atoms with Crippen molar-refractivity contribution in [1.82, 2.24) is 10.3 Å². The summed E-state index contributed by atoms with van der Waals surface area (Å²) in [7, 11) is 0. The molecule has 3 aromatic rings. The lowest BCUT2D eigenvalue weighted by molar-refractivity contribution is -0.136. The number of thiophene rings is 1. The van der Waals surface area contributed by atoms with Crippen LogP contribution in [0, 0.1) is 11.6 Å². The predicted octanol–water partition coefficient (Wildman–Crippen LogP) is 4.17. The number of carbonyl (C=O) groups is 1. The lowest BCUT2D eigenvalue weighted by Crippen LogP contribution is -2.44. The van der Waals surface area contributed by atoms with E-state index in [1.165, 1.54) is 0 Å². The maximum absolute atomic E-state index is 13.8. The topological polar surface area (TPSA) is 112 Å². The molecular weight excluding hydrogens is 495 g/mol. The summed E-state index contributed by atoms with van der Waals surface area (Å²) >= 11 is 0.596. The highest BCUT2D eigenvalue weighted by Crippen LogP contribution is 2.43. The Balaban J connectivity index is 1.46. The van der Waals surface area contributed by atoms with Crippen LogP contribution in [0.15, 0.2) is 24.3 Å². The highest BCUT2D eigenvalue weighted by Gasteiger charge is 2.37. The third-order valence-electron chi connectivity index (χ3n) is 5.87. The molecule has 2 aromatic heterocycles. The van der Waals surface area contributed by atoms with Crippen LogP contribution in [-0.2, 0) is 6.18 Å². The number of aromatic carboxylic acids is 1. The fraction of sp³-hybridized carbons (Fsp3) is 0.364. The third-order valence-corrected chi connectivity index (χ3v) is 6.96. The van der Waals surface area contributed by atoms with Gasteiger partial charge in [-0.15, -0.1) is 11.3 Å². The van der Waals surface area contributed by atoms with Crippen LogP contribution in [0.2, 0.25) is 0 Å². The van der Waals surface area contributed by atoms with Crippen molar-refractivity contribution in [2.24, 2.45) is 0 Å². The van der Waals surface area contributed by atoms with Gasteiger partial charge in [-0.1, -0.05) is 0 Å². The first-order chi connectivity index (χ1) is 16.4. The molecule has 0 radical (unpaired) electrons. The molecular formula is C22H21F5N4O3S. The van der Waals surface area contributed by atoms with Crippen molar-refractivity contribution in [2.75, 3.05) is 30.3 Å². The fourth-order valence-corrected chi connectivity index (χ4v) is 5.08. The van der Waals surface area contributed by atoms with E-state index in [0.29, 0.717) is 43.3 Å². The number of hydrogen-bond donors (Lipinski definition) is 4. The second-order valence-electron chi connectivity index (χ2n) is 8.24. The number of nitrogens with one attached hydrogen (secondary N) is 1. The molecule has 0 spiro atoms. The zero-order chi connectivity index (χ0) is 25.5. The van der Waals surface area contributed by atoms with Gasteiger partial charge in [-0.25, -0.2) is 18.6 Å². The molecule has 1 fully saturated rings. The Kier molecular flexibility index (Phi) is 6.84. The van der Waals surface area contributed by atoms with E-state index in [4.69, 9.17) is 5.73 Å². The molecule has 188 valence electrons. The molecule has 4 rings (SSSR count). The summed E-state index contributed by atoms with van der Waals surface area (Å²) in [6.07, 6.45) is -4.87. The van der Waals surface area contributed by atoms with E-state index in [-0.39, 0.29) is 28.8 Å². The van der Waals surface area contributed by atoms with Gasteiger partial charge in [-0.3, -0.25) is 0 Å². The minimum Gasteiger partial charge on any atom is -0.477 e. The van der Waals surface area contributed by atoms with Crippen molar-refractivity contribution in [3.8, 4) is 0 Å². The van der Waals surface area contributed by atoms with Crippen molar-refractivity contribution in [2.45, 2.75) is 31.2 Å². The Bertz CT molecular complexity index is 1240. The van der Waals surface area contributed by atoms with Crippen molar-refractivity contribution < 1.29 is 37.0 Å². The minimum absolute atomic E-state index is 0.0441. The number of nitrogens with two attached hydrogens (primary N) is 1. The van der Waals surface area contributed by atoms with Gasteiger partial charge in [0.05, 0.1) is 17.4 Å². The lowest BCUT2D eigenvalue weighted by atomic mass is 10.0. The lowest BCUT2D eigenvalue weighted by Gasteiger charge is -2.34. The second kappa shape index (κ2) is 9.55. The first-order valence-corrected chi connectivity index (χ1v) is 11.4. The van der Waals surface area contributed by atoms with Gasteiger partial charge in [-0.2, -0.15) is 13.2 Å². The molecule has 35 heavy (non-hydrogen) atoms. The summed E-state index contributed by atoms with van der Waals surface area (Å²) in [5, 5.41) is 22.2. The average Bonchev–Trinajstić information content (AvgIpc) is 3.12. The SMILES string of the molecule is Nc1c(C(=O)O)sc2nc(N3CCC(NCC(O)c4cc(F)cc(F)c4)CC3)cc(C(F)(F)F)c12. The molecule has 1 aliphatic heterocycles. The largest absolute Gasteiger partial charge is 0.477 e. The average molecular weight is 516 g/mol. The van der Waals surface area contributed by atoms with E-state index < -0.39 is 51.4 Å². The second-order valence-corrected chi connectivity index (χ2v) is 9.24. The van der Waals surface area contributed by atoms with Crippen LogP contribution in [0.1, 0.15) is 39.7 Å². The van der Waals surface area contributed by atoms with E-state index >= 15 is 0 Å². The molecule has 5 N–H and O–H groups in total. The number of piperidine rings is 1. The Hall–Kier alpha value is -3.03. The number of rotatable bonds is 6. The molecule has 3 heterocycles. The van der Waals surface area contributed by atoms with Gasteiger partial charge in [0.1, 0.15) is 27.2 Å². The molecule has 1 aliphatic rings. The Morgan fingerprint density at radius 1 is 1.20 bits per heavy atom. The summed E-state index contributed by atoms with van der Waals surface area (Å²) in [5.41, 5.74) is 4.31. The van der Waals surface area contributed by atoms with Gasteiger partial charge in [0.2, 0.25) is 0 Å². The number of anilines is 2. The smallest absolute Gasteiger partial charge is 0.417 e. The Morgan fingerprint density at radius 2 is 1.83 bits per heavy atom. The number of nitrogens with zero attached hydrogens (tertiary/aromatic N) is 2. The molecule has 0 saturated carbocycles. The molecule has 13 heteroatoms. The third kappa shape index (κ3) is 5.31. The predicted molar refractivity (Wildman–Crippen MR) is 121 cm³/mol. The molecule has 0 amide bonds. The van der Waals surface area contributed by atoms with Crippen LogP contribution in [0.5, 0.6) is 0 Å². The van der Waals surface area contributed by atoms with Crippen LogP contribution in [-0.4, -0.2) is 46.8 Å². The van der Waals surface area contributed by atoms with Crippen molar-refractivity contribution in [1.29, 1.82) is 0 Å². The van der Waals surface area contributed by atoms with Crippen molar-refractivity contribution in [3.05, 3.63) is 51.9 Å². The van der Waals surface area contributed by atoms with Crippen LogP contribution in [0.25, 0.3) is 10.2 Å². The summed E-state index contributed by atoms with van der Waals surface area (Å²) in [4.78, 5) is 16.8. The Morgan fingerprint density at radius 3 is 2.40 bits per heavy atom. The number of pyridine rings is 1. The first-order valence-electron chi connectivity index (χ1n) is 10.6. The number of aliphatic hydroxyl groups is 1. The number of benzene rings is 1. The number of carboxylic acid groups (broad SMARTS) is 1. The molecule has 0 bridgehead atoms. The van der Waals surface area contributed by atoms with Gasteiger partial charge in [0, 0.05) is 37.1 Å². The fourth-order valence-electron chi connectivity index (χ4n) is 4.13. The standard InChI is InChI=1S/C22H21F5N4O3S/c23-11-5-10(6-12(24)7-11)15(32)9-29-13-1-3-31(4-2-13)16-8-14(22(25,26)27)17-18(28)19(21(33)34)35-20(17)30-16/h5-8,13,15,29,32H,1-4,9,28H2,(H,33,34). The molecule has 1 atom stereocenters. The van der Waals surface area contributed by atoms with Crippen LogP contribution < -0.4 is 16.0 Å². The highest BCUT2D eigenvalue weighted by molar-refractivity contribution is 7.21. The van der Waals surface area contributed by atoms with Gasteiger partial charge >= 0.3 is 12.1 Å². The molecule has 0 aliphatic carbocycles. The monoisotopic (exact) mass is 516 g/mol. The summed E-state index contributed by atoms with van der Waals surface area (Å²) in [5.74, 6) is -2.94. The maximum Gasteiger partial charge on any atom is 0.417 e. The molecule has 1 aromatic carbocycles. The van der Waals surface area contributed by atoms with Crippen molar-refractivity contribution >= 4 is 39.0 Å². The number of aromatic nitrogens is 1. The summed E-state index contributed by atoms with van der Waals surface area (Å²) < 4.78 is 68.0. The zero-order valence-corrected chi connectivity index (χ0v) is 18.9. The number of nitrogen functional groups attached to an aromatic ring is 1. The van der Waals surface area contributed by atoms with Crippen molar-refractivity contribution in [3.63, 3.8) is 0 Å².